The first-order valence-corrected chi connectivity index (χ1v) is 6.21. The van der Waals surface area contributed by atoms with Gasteiger partial charge in [0.05, 0.1) is 6.20 Å². The molecule has 4 nitrogen and oxygen atoms in total. The van der Waals surface area contributed by atoms with E-state index in [1.165, 1.54) is 0 Å². The highest BCUT2D eigenvalue weighted by Crippen LogP contribution is 2.26. The molecule has 0 spiro atoms. The quantitative estimate of drug-likeness (QED) is 0.816. The topological polar surface area (TPSA) is 63.8 Å². The third-order valence-corrected chi connectivity index (χ3v) is 3.35. The van der Waals surface area contributed by atoms with Crippen LogP contribution >= 0.6 is 11.6 Å². The maximum atomic E-state index is 13.4. The summed E-state index contributed by atoms with van der Waals surface area (Å²) in [4.78, 5) is 7.44. The van der Waals surface area contributed by atoms with Gasteiger partial charge in [-0.2, -0.15) is 4.98 Å². The van der Waals surface area contributed by atoms with Gasteiger partial charge in [-0.05, 0) is 43.3 Å². The number of anilines is 1. The highest BCUT2D eigenvalue weighted by molar-refractivity contribution is 6.28. The van der Waals surface area contributed by atoms with Gasteiger partial charge in [0.15, 0.2) is 11.6 Å². The van der Waals surface area contributed by atoms with Crippen LogP contribution in [0.15, 0.2) is 6.20 Å². The second-order valence-corrected chi connectivity index (χ2v) is 4.78. The summed E-state index contributed by atoms with van der Waals surface area (Å²) in [5.74, 6) is 0.235. The molecule has 2 rings (SSSR count). The van der Waals surface area contributed by atoms with E-state index in [2.05, 4.69) is 15.3 Å². The van der Waals surface area contributed by atoms with Crippen molar-refractivity contribution in [1.29, 1.82) is 0 Å². The zero-order chi connectivity index (χ0) is 12.3. The molecular formula is C11H16ClFN4. The molecular weight excluding hydrogens is 243 g/mol. The average Bonchev–Trinajstić information content (AvgIpc) is 2.34. The minimum absolute atomic E-state index is 0.0556. The van der Waals surface area contributed by atoms with Crippen molar-refractivity contribution in [3.8, 4) is 0 Å². The van der Waals surface area contributed by atoms with Gasteiger partial charge in [0.25, 0.3) is 0 Å². The zero-order valence-corrected chi connectivity index (χ0v) is 10.3. The number of nitrogens with two attached hydrogens (primary N) is 1. The molecule has 1 aliphatic rings. The zero-order valence-electron chi connectivity index (χ0n) is 9.50. The second-order valence-electron chi connectivity index (χ2n) is 4.45. The molecule has 3 N–H and O–H groups in total. The first-order chi connectivity index (χ1) is 8.19. The molecule has 1 fully saturated rings. The van der Waals surface area contributed by atoms with Crippen molar-refractivity contribution in [3.63, 3.8) is 0 Å². The van der Waals surface area contributed by atoms with E-state index >= 15 is 0 Å². The van der Waals surface area contributed by atoms with E-state index in [9.17, 15) is 4.39 Å². The molecule has 1 saturated carbocycles. The summed E-state index contributed by atoms with van der Waals surface area (Å²) in [6.45, 7) is 0.686. The second kappa shape index (κ2) is 5.60. The molecule has 2 atom stereocenters. The highest BCUT2D eigenvalue weighted by Gasteiger charge is 2.22. The lowest BCUT2D eigenvalue weighted by Crippen LogP contribution is -2.31. The summed E-state index contributed by atoms with van der Waals surface area (Å²) in [6.07, 6.45) is 5.32. The van der Waals surface area contributed by atoms with Gasteiger partial charge in [-0.3, -0.25) is 0 Å². The van der Waals surface area contributed by atoms with Gasteiger partial charge in [0.2, 0.25) is 5.28 Å². The molecule has 0 aromatic carbocycles. The summed E-state index contributed by atoms with van der Waals surface area (Å²) < 4.78 is 13.4. The van der Waals surface area contributed by atoms with E-state index in [0.717, 1.165) is 31.9 Å². The van der Waals surface area contributed by atoms with Crippen LogP contribution in [0, 0.1) is 11.7 Å². The fourth-order valence-electron chi connectivity index (χ4n) is 2.28. The number of hydrogen-bond acceptors (Lipinski definition) is 4. The molecule has 17 heavy (non-hydrogen) atoms. The molecule has 1 aromatic heterocycles. The van der Waals surface area contributed by atoms with Crippen molar-refractivity contribution in [3.05, 3.63) is 17.3 Å². The number of aromatic nitrogens is 2. The Labute approximate surface area is 105 Å². The maximum Gasteiger partial charge on any atom is 0.224 e. The van der Waals surface area contributed by atoms with Crippen molar-refractivity contribution in [1.82, 2.24) is 9.97 Å². The molecule has 0 aliphatic heterocycles. The molecule has 0 saturated heterocycles. The Bertz CT molecular complexity index is 388. The SMILES string of the molecule is NC[C@H]1CCC[C@H](Nc2nc(Cl)ncc2F)C1. The van der Waals surface area contributed by atoms with E-state index in [-0.39, 0.29) is 17.1 Å². The third-order valence-electron chi connectivity index (χ3n) is 3.17. The molecule has 0 unspecified atom stereocenters. The van der Waals surface area contributed by atoms with Crippen molar-refractivity contribution in [2.75, 3.05) is 11.9 Å². The van der Waals surface area contributed by atoms with Crippen LogP contribution in [0.1, 0.15) is 25.7 Å². The first kappa shape index (κ1) is 12.5. The van der Waals surface area contributed by atoms with Crippen LogP contribution in [0.2, 0.25) is 5.28 Å². The van der Waals surface area contributed by atoms with E-state index in [0.29, 0.717) is 12.5 Å². The van der Waals surface area contributed by atoms with E-state index in [1.54, 1.807) is 0 Å². The molecule has 94 valence electrons. The fraction of sp³-hybridized carbons (Fsp3) is 0.636. The lowest BCUT2D eigenvalue weighted by molar-refractivity contribution is 0.341. The number of halogens is 2. The van der Waals surface area contributed by atoms with Gasteiger partial charge in [0, 0.05) is 6.04 Å². The molecule has 6 heteroatoms. The predicted octanol–water partition coefficient (Wildman–Crippen LogP) is 2.20. The molecule has 0 bridgehead atoms. The van der Waals surface area contributed by atoms with Gasteiger partial charge in [-0.15, -0.1) is 0 Å². The maximum absolute atomic E-state index is 13.4. The van der Waals surface area contributed by atoms with Gasteiger partial charge >= 0.3 is 0 Å². The van der Waals surface area contributed by atoms with E-state index < -0.39 is 5.82 Å². The summed E-state index contributed by atoms with van der Waals surface area (Å²) in [5, 5.41) is 3.14. The van der Waals surface area contributed by atoms with Gasteiger partial charge in [-0.25, -0.2) is 9.37 Å². The fourth-order valence-corrected chi connectivity index (χ4v) is 2.41. The van der Waals surface area contributed by atoms with Crippen molar-refractivity contribution in [2.24, 2.45) is 11.7 Å². The predicted molar refractivity (Wildman–Crippen MR) is 65.4 cm³/mol. The minimum atomic E-state index is -0.468. The highest BCUT2D eigenvalue weighted by atomic mass is 35.5. The Morgan fingerprint density at radius 3 is 3.12 bits per heavy atom. The summed E-state index contributed by atoms with van der Waals surface area (Å²) in [6, 6.07) is 0.220. The summed E-state index contributed by atoms with van der Waals surface area (Å²) >= 11 is 5.64. The van der Waals surface area contributed by atoms with Crippen LogP contribution in [0.3, 0.4) is 0 Å². The van der Waals surface area contributed by atoms with Crippen LogP contribution in [-0.4, -0.2) is 22.6 Å². The van der Waals surface area contributed by atoms with Crippen molar-refractivity contribution >= 4 is 17.4 Å². The van der Waals surface area contributed by atoms with Gasteiger partial charge in [0.1, 0.15) is 0 Å². The van der Waals surface area contributed by atoms with Crippen molar-refractivity contribution < 1.29 is 4.39 Å². The minimum Gasteiger partial charge on any atom is -0.365 e. The normalized spacial score (nSPS) is 24.6. The lowest BCUT2D eigenvalue weighted by Gasteiger charge is -2.29. The smallest absolute Gasteiger partial charge is 0.224 e. The number of hydrogen-bond donors (Lipinski definition) is 2. The van der Waals surface area contributed by atoms with Gasteiger partial charge < -0.3 is 11.1 Å². The van der Waals surface area contributed by atoms with Crippen LogP contribution in [-0.2, 0) is 0 Å². The van der Waals surface area contributed by atoms with E-state index in [4.69, 9.17) is 17.3 Å². The summed E-state index contributed by atoms with van der Waals surface area (Å²) in [7, 11) is 0. The molecule has 1 aromatic rings. The number of rotatable bonds is 3. The molecule has 1 heterocycles. The Balaban J connectivity index is 2.02. The lowest BCUT2D eigenvalue weighted by atomic mass is 9.86. The van der Waals surface area contributed by atoms with Crippen LogP contribution < -0.4 is 11.1 Å². The van der Waals surface area contributed by atoms with E-state index in [1.807, 2.05) is 0 Å². The van der Waals surface area contributed by atoms with Crippen LogP contribution in [0.4, 0.5) is 10.2 Å². The number of nitrogens with one attached hydrogen (secondary N) is 1. The molecule has 1 aliphatic carbocycles. The monoisotopic (exact) mass is 258 g/mol. The first-order valence-electron chi connectivity index (χ1n) is 5.83. The Hall–Kier alpha value is -0.940. The number of nitrogens with zero attached hydrogens (tertiary/aromatic N) is 2. The molecule has 0 radical (unpaired) electrons. The summed E-state index contributed by atoms with van der Waals surface area (Å²) in [5.41, 5.74) is 5.66. The van der Waals surface area contributed by atoms with Crippen LogP contribution in [0.25, 0.3) is 0 Å². The Morgan fingerprint density at radius 2 is 2.35 bits per heavy atom. The van der Waals surface area contributed by atoms with Crippen LogP contribution in [0.5, 0.6) is 0 Å². The molecule has 0 amide bonds. The largest absolute Gasteiger partial charge is 0.365 e. The standard InChI is InChI=1S/C11H16ClFN4/c12-11-15-6-9(13)10(17-11)16-8-3-1-2-7(4-8)5-14/h6-8H,1-5,14H2,(H,15,16,17)/t7-,8-/m0/s1. The average molecular weight is 259 g/mol. The Kier molecular flexibility index (Phi) is 4.12. The van der Waals surface area contributed by atoms with Gasteiger partial charge in [-0.1, -0.05) is 6.42 Å². The van der Waals surface area contributed by atoms with Crippen molar-refractivity contribution in [2.45, 2.75) is 31.7 Å². The Morgan fingerprint density at radius 1 is 1.53 bits per heavy atom. The third kappa shape index (κ3) is 3.26.